The van der Waals surface area contributed by atoms with Gasteiger partial charge in [-0.1, -0.05) is 18.2 Å². The lowest BCUT2D eigenvalue weighted by Crippen LogP contribution is -2.36. The molecule has 0 unspecified atom stereocenters. The minimum Gasteiger partial charge on any atom is -0.493 e. The van der Waals surface area contributed by atoms with Gasteiger partial charge in [0.15, 0.2) is 11.5 Å². The van der Waals surface area contributed by atoms with Crippen LogP contribution >= 0.6 is 27.7 Å². The van der Waals surface area contributed by atoms with E-state index in [-0.39, 0.29) is 16.4 Å². The van der Waals surface area contributed by atoms with Crippen LogP contribution in [0.25, 0.3) is 6.08 Å². The molecule has 0 aliphatic carbocycles. The first-order valence-corrected chi connectivity index (χ1v) is 10.3. The van der Waals surface area contributed by atoms with Gasteiger partial charge in [0.2, 0.25) is 5.91 Å². The van der Waals surface area contributed by atoms with Crippen molar-refractivity contribution in [3.05, 3.63) is 57.4 Å². The van der Waals surface area contributed by atoms with E-state index in [2.05, 4.69) is 26.0 Å². The summed E-state index contributed by atoms with van der Waals surface area (Å²) in [5.41, 5.74) is 0.940. The Hall–Kier alpha value is -2.92. The molecule has 1 N–H and O–H groups in total. The van der Waals surface area contributed by atoms with Crippen molar-refractivity contribution in [1.29, 1.82) is 0 Å². The topological polar surface area (TPSA) is 84.9 Å². The summed E-state index contributed by atoms with van der Waals surface area (Å²) >= 11 is 3.98. The third kappa shape index (κ3) is 5.61. The number of nitrogens with zero attached hydrogens (tertiary/aromatic N) is 1. The smallest absolute Gasteiger partial charge is 0.387 e. The molecule has 0 spiro atoms. The Balaban J connectivity index is 1.73. The molecule has 11 heteroatoms. The van der Waals surface area contributed by atoms with E-state index in [9.17, 15) is 23.2 Å². The monoisotopic (exact) mass is 512 g/mol. The fourth-order valence-corrected chi connectivity index (χ4v) is 3.87. The van der Waals surface area contributed by atoms with Gasteiger partial charge in [-0.15, -0.1) is 0 Å². The van der Waals surface area contributed by atoms with Gasteiger partial charge < -0.3 is 14.8 Å². The number of nitrogens with one attached hydrogen (secondary N) is 1. The molecule has 7 nitrogen and oxygen atoms in total. The lowest BCUT2D eigenvalue weighted by atomic mass is 10.2. The van der Waals surface area contributed by atoms with Crippen LogP contribution in [0.4, 0.5) is 19.3 Å². The number of alkyl halides is 2. The van der Waals surface area contributed by atoms with Gasteiger partial charge in [0.05, 0.1) is 17.7 Å². The Morgan fingerprint density at radius 3 is 2.65 bits per heavy atom. The Morgan fingerprint density at radius 1 is 1.23 bits per heavy atom. The van der Waals surface area contributed by atoms with Crippen LogP contribution in [-0.2, 0) is 9.59 Å². The lowest BCUT2D eigenvalue weighted by Gasteiger charge is -2.13. The van der Waals surface area contributed by atoms with Gasteiger partial charge in [-0.3, -0.25) is 19.3 Å². The number of methoxy groups -OCH3 is 1. The van der Waals surface area contributed by atoms with E-state index >= 15 is 0 Å². The Morgan fingerprint density at radius 2 is 1.97 bits per heavy atom. The van der Waals surface area contributed by atoms with Crippen molar-refractivity contribution < 1.29 is 32.6 Å². The minimum absolute atomic E-state index is 0.0427. The maximum atomic E-state index is 12.6. The second-order valence-corrected chi connectivity index (χ2v) is 7.93. The van der Waals surface area contributed by atoms with Crippen molar-refractivity contribution in [3.8, 4) is 11.5 Å². The number of benzene rings is 2. The van der Waals surface area contributed by atoms with E-state index < -0.39 is 30.2 Å². The molecule has 0 aromatic heterocycles. The Labute approximate surface area is 188 Å². The molecule has 1 aliphatic heterocycles. The number of hydrogen-bond acceptors (Lipinski definition) is 6. The first kappa shape index (κ1) is 22.8. The summed E-state index contributed by atoms with van der Waals surface area (Å²) in [5.74, 6) is -1.29. The molecule has 1 fully saturated rings. The van der Waals surface area contributed by atoms with Gasteiger partial charge in [0.25, 0.3) is 11.1 Å². The van der Waals surface area contributed by atoms with Gasteiger partial charge >= 0.3 is 6.61 Å². The molecule has 162 valence electrons. The van der Waals surface area contributed by atoms with Crippen molar-refractivity contribution in [2.24, 2.45) is 0 Å². The molecule has 0 saturated carbocycles. The summed E-state index contributed by atoms with van der Waals surface area (Å²) < 4.78 is 34.9. The highest BCUT2D eigenvalue weighted by Crippen LogP contribution is 2.35. The van der Waals surface area contributed by atoms with Crippen molar-refractivity contribution in [1.82, 2.24) is 4.90 Å². The standard InChI is InChI=1S/C20H15BrF2N2O5S/c1-29-15-8-11(6-7-14(15)30-19(22)23)9-16-18(27)25(20(28)31-16)10-17(26)24-13-5-3-2-4-12(13)21/h2-9,19H,10H2,1H3,(H,24,26)/b16-9-. The van der Waals surface area contributed by atoms with E-state index in [4.69, 9.17) is 4.74 Å². The number of ether oxygens (including phenoxy) is 2. The number of imide groups is 1. The van der Waals surface area contributed by atoms with E-state index in [0.29, 0.717) is 27.5 Å². The summed E-state index contributed by atoms with van der Waals surface area (Å²) in [6.07, 6.45) is 1.41. The second kappa shape index (κ2) is 9.92. The first-order valence-electron chi connectivity index (χ1n) is 8.71. The fourth-order valence-electron chi connectivity index (χ4n) is 2.65. The van der Waals surface area contributed by atoms with E-state index in [1.54, 1.807) is 24.3 Å². The van der Waals surface area contributed by atoms with E-state index in [1.807, 2.05) is 0 Å². The number of thioether (sulfide) groups is 1. The first-order chi connectivity index (χ1) is 14.8. The van der Waals surface area contributed by atoms with Crippen LogP contribution in [-0.4, -0.2) is 42.2 Å². The minimum atomic E-state index is -3.01. The van der Waals surface area contributed by atoms with Crippen molar-refractivity contribution in [2.45, 2.75) is 6.61 Å². The van der Waals surface area contributed by atoms with Crippen LogP contribution < -0.4 is 14.8 Å². The van der Waals surface area contributed by atoms with Gasteiger partial charge in [-0.2, -0.15) is 8.78 Å². The van der Waals surface area contributed by atoms with Gasteiger partial charge in [0, 0.05) is 4.47 Å². The summed E-state index contributed by atoms with van der Waals surface area (Å²) in [7, 11) is 1.29. The molecule has 1 aliphatic rings. The van der Waals surface area contributed by atoms with Gasteiger partial charge in [0.1, 0.15) is 6.54 Å². The molecule has 0 radical (unpaired) electrons. The van der Waals surface area contributed by atoms with Crippen molar-refractivity contribution in [2.75, 3.05) is 19.0 Å². The molecule has 1 saturated heterocycles. The maximum Gasteiger partial charge on any atom is 0.387 e. The van der Waals surface area contributed by atoms with Crippen LogP contribution in [0.5, 0.6) is 11.5 Å². The summed E-state index contributed by atoms with van der Waals surface area (Å²) in [4.78, 5) is 38.1. The molecule has 31 heavy (non-hydrogen) atoms. The number of halogens is 3. The number of carbonyl (C=O) groups excluding carboxylic acids is 3. The average Bonchev–Trinajstić information content (AvgIpc) is 2.97. The number of amides is 3. The maximum absolute atomic E-state index is 12.6. The zero-order valence-electron chi connectivity index (χ0n) is 15.9. The number of anilines is 1. The van der Waals surface area contributed by atoms with Crippen molar-refractivity contribution >= 4 is 56.5 Å². The zero-order chi connectivity index (χ0) is 22.5. The third-order valence-electron chi connectivity index (χ3n) is 4.02. The van der Waals surface area contributed by atoms with Crippen molar-refractivity contribution in [3.63, 3.8) is 0 Å². The summed E-state index contributed by atoms with van der Waals surface area (Å²) in [6.45, 7) is -3.47. The van der Waals surface area contributed by atoms with Crippen LogP contribution in [0.2, 0.25) is 0 Å². The average molecular weight is 513 g/mol. The highest BCUT2D eigenvalue weighted by Gasteiger charge is 2.36. The molecule has 3 rings (SSSR count). The number of para-hydroxylation sites is 1. The SMILES string of the molecule is COc1cc(/C=C2\SC(=O)N(CC(=O)Nc3ccccc3Br)C2=O)ccc1OC(F)F. The Bertz CT molecular complexity index is 1060. The predicted octanol–water partition coefficient (Wildman–Crippen LogP) is 4.73. The molecule has 1 heterocycles. The molecular weight excluding hydrogens is 498 g/mol. The van der Waals surface area contributed by atoms with Gasteiger partial charge in [-0.25, -0.2) is 0 Å². The lowest BCUT2D eigenvalue weighted by molar-refractivity contribution is -0.127. The fraction of sp³-hybridized carbons (Fsp3) is 0.150. The van der Waals surface area contributed by atoms with E-state index in [1.165, 1.54) is 31.4 Å². The van der Waals surface area contributed by atoms with Crippen LogP contribution in [0.1, 0.15) is 5.56 Å². The van der Waals surface area contributed by atoms with Crippen LogP contribution in [0.3, 0.4) is 0 Å². The highest BCUT2D eigenvalue weighted by atomic mass is 79.9. The molecular formula is C20H15BrF2N2O5S. The predicted molar refractivity (Wildman–Crippen MR) is 115 cm³/mol. The normalized spacial score (nSPS) is 15.0. The zero-order valence-corrected chi connectivity index (χ0v) is 18.3. The molecule has 0 atom stereocenters. The molecule has 3 amide bonds. The highest BCUT2D eigenvalue weighted by molar-refractivity contribution is 9.10. The molecule has 0 bridgehead atoms. The number of rotatable bonds is 7. The van der Waals surface area contributed by atoms with Crippen LogP contribution in [0, 0.1) is 0 Å². The van der Waals surface area contributed by atoms with Crippen LogP contribution in [0.15, 0.2) is 51.8 Å². The Kier molecular flexibility index (Phi) is 7.29. The van der Waals surface area contributed by atoms with E-state index in [0.717, 1.165) is 4.90 Å². The van der Waals surface area contributed by atoms with Gasteiger partial charge in [-0.05, 0) is 63.6 Å². The molecule has 2 aromatic carbocycles. The summed E-state index contributed by atoms with van der Waals surface area (Å²) in [5, 5.41) is 2.03. The number of carbonyl (C=O) groups is 3. The second-order valence-electron chi connectivity index (χ2n) is 6.08. The largest absolute Gasteiger partial charge is 0.493 e. The number of hydrogen-bond donors (Lipinski definition) is 1. The quantitative estimate of drug-likeness (QED) is 0.539. The summed E-state index contributed by atoms with van der Waals surface area (Å²) in [6, 6.07) is 11.0. The third-order valence-corrected chi connectivity index (χ3v) is 5.62. The molecule has 2 aromatic rings.